The first-order chi connectivity index (χ1) is 8.27. The van der Waals surface area contributed by atoms with Gasteiger partial charge in [0.05, 0.1) is 11.0 Å². The van der Waals surface area contributed by atoms with Gasteiger partial charge in [-0.2, -0.15) is 0 Å². The maximum Gasteiger partial charge on any atom is 0.272 e. The van der Waals surface area contributed by atoms with E-state index in [0.717, 1.165) is 30.4 Å². The quantitative estimate of drug-likeness (QED) is 0.809. The summed E-state index contributed by atoms with van der Waals surface area (Å²) < 4.78 is 1.87. The summed E-state index contributed by atoms with van der Waals surface area (Å²) in [6, 6.07) is 7.86. The van der Waals surface area contributed by atoms with Crippen molar-refractivity contribution in [2.45, 2.75) is 39.7 Å². The van der Waals surface area contributed by atoms with E-state index in [2.05, 4.69) is 11.9 Å². The van der Waals surface area contributed by atoms with Crippen LogP contribution in [0.4, 0.5) is 0 Å². The number of unbranched alkanes of at least 4 members (excludes halogenated alkanes) is 1. The van der Waals surface area contributed by atoms with Gasteiger partial charge in [0.2, 0.25) is 0 Å². The lowest BCUT2D eigenvalue weighted by Gasteiger charge is -2.10. The molecule has 0 saturated carbocycles. The molecule has 3 nitrogen and oxygen atoms in total. The normalized spacial score (nSPS) is 10.9. The summed E-state index contributed by atoms with van der Waals surface area (Å²) in [7, 11) is 0. The molecule has 0 aliphatic rings. The third-order valence-electron chi connectivity index (χ3n) is 2.99. The first kappa shape index (κ1) is 11.8. The van der Waals surface area contributed by atoms with Crippen LogP contribution in [0.15, 0.2) is 29.1 Å². The molecule has 0 unspecified atom stereocenters. The molecule has 2 aromatic rings. The van der Waals surface area contributed by atoms with E-state index in [9.17, 15) is 4.79 Å². The van der Waals surface area contributed by atoms with Gasteiger partial charge in [0, 0.05) is 6.54 Å². The summed E-state index contributed by atoms with van der Waals surface area (Å²) in [6.07, 6.45) is 2.80. The van der Waals surface area contributed by atoms with Crippen LogP contribution in [0.2, 0.25) is 0 Å². The molecule has 0 saturated heterocycles. The Bertz CT molecular complexity index is 572. The van der Waals surface area contributed by atoms with E-state index in [1.165, 1.54) is 0 Å². The molecule has 2 rings (SSSR count). The Morgan fingerprint density at radius 2 is 2.00 bits per heavy atom. The van der Waals surface area contributed by atoms with Gasteiger partial charge in [0.15, 0.2) is 0 Å². The maximum atomic E-state index is 12.2. The van der Waals surface area contributed by atoms with Crippen molar-refractivity contribution in [1.82, 2.24) is 9.55 Å². The zero-order valence-electron chi connectivity index (χ0n) is 10.4. The largest absolute Gasteiger partial charge is 0.305 e. The summed E-state index contributed by atoms with van der Waals surface area (Å²) >= 11 is 0. The van der Waals surface area contributed by atoms with E-state index >= 15 is 0 Å². The highest BCUT2D eigenvalue weighted by atomic mass is 16.1. The molecule has 0 fully saturated rings. The Morgan fingerprint density at radius 1 is 1.24 bits per heavy atom. The van der Waals surface area contributed by atoms with Gasteiger partial charge < -0.3 is 4.57 Å². The molecule has 0 spiro atoms. The van der Waals surface area contributed by atoms with Crippen molar-refractivity contribution >= 4 is 11.0 Å². The molecule has 0 N–H and O–H groups in total. The van der Waals surface area contributed by atoms with Crippen LogP contribution in [0, 0.1) is 0 Å². The second-order valence-electron chi connectivity index (χ2n) is 4.21. The van der Waals surface area contributed by atoms with Gasteiger partial charge in [0.1, 0.15) is 5.69 Å². The fourth-order valence-electron chi connectivity index (χ4n) is 2.01. The minimum atomic E-state index is 0.0691. The maximum absolute atomic E-state index is 12.2. The van der Waals surface area contributed by atoms with Crippen LogP contribution in [-0.4, -0.2) is 9.55 Å². The van der Waals surface area contributed by atoms with Crippen molar-refractivity contribution in [3.8, 4) is 0 Å². The van der Waals surface area contributed by atoms with Crippen molar-refractivity contribution in [2.24, 2.45) is 0 Å². The Labute approximate surface area is 101 Å². The summed E-state index contributed by atoms with van der Waals surface area (Å²) in [5, 5.41) is 0. The Balaban J connectivity index is 2.66. The van der Waals surface area contributed by atoms with Crippen molar-refractivity contribution in [2.75, 3.05) is 0 Å². The standard InChI is InChI=1S/C14H18N2O/c1-3-5-10-16-13-9-7-6-8-12(13)15-11(4-2)14(16)17/h6-9H,3-5,10H2,1-2H3. The van der Waals surface area contributed by atoms with Gasteiger partial charge in [-0.15, -0.1) is 0 Å². The van der Waals surface area contributed by atoms with Crippen LogP contribution in [-0.2, 0) is 13.0 Å². The molecule has 17 heavy (non-hydrogen) atoms. The van der Waals surface area contributed by atoms with Gasteiger partial charge in [-0.25, -0.2) is 4.98 Å². The van der Waals surface area contributed by atoms with Crippen LogP contribution in [0.25, 0.3) is 11.0 Å². The SMILES string of the molecule is CCCCn1c(=O)c(CC)nc2ccccc21. The highest BCUT2D eigenvalue weighted by Crippen LogP contribution is 2.11. The molecule has 0 aliphatic heterocycles. The number of hydrogen-bond acceptors (Lipinski definition) is 2. The van der Waals surface area contributed by atoms with Crippen molar-refractivity contribution in [3.63, 3.8) is 0 Å². The predicted octanol–water partition coefficient (Wildman–Crippen LogP) is 2.76. The van der Waals surface area contributed by atoms with E-state index in [1.54, 1.807) is 0 Å². The van der Waals surface area contributed by atoms with Crippen LogP contribution in [0.3, 0.4) is 0 Å². The van der Waals surface area contributed by atoms with Gasteiger partial charge in [-0.3, -0.25) is 4.79 Å². The molecular formula is C14H18N2O. The molecule has 0 aliphatic carbocycles. The topological polar surface area (TPSA) is 34.9 Å². The van der Waals surface area contributed by atoms with E-state index in [0.29, 0.717) is 12.1 Å². The van der Waals surface area contributed by atoms with Crippen molar-refractivity contribution in [1.29, 1.82) is 0 Å². The minimum Gasteiger partial charge on any atom is -0.305 e. The number of aromatic nitrogens is 2. The van der Waals surface area contributed by atoms with Gasteiger partial charge in [-0.05, 0) is 25.0 Å². The predicted molar refractivity (Wildman–Crippen MR) is 70.3 cm³/mol. The van der Waals surface area contributed by atoms with Crippen LogP contribution < -0.4 is 5.56 Å². The third-order valence-corrected chi connectivity index (χ3v) is 2.99. The Morgan fingerprint density at radius 3 is 2.71 bits per heavy atom. The summed E-state index contributed by atoms with van der Waals surface area (Å²) in [5.74, 6) is 0. The van der Waals surface area contributed by atoms with E-state index < -0.39 is 0 Å². The molecule has 1 aromatic carbocycles. The fourth-order valence-corrected chi connectivity index (χ4v) is 2.01. The second kappa shape index (κ2) is 5.13. The zero-order valence-corrected chi connectivity index (χ0v) is 10.4. The minimum absolute atomic E-state index is 0.0691. The molecule has 0 bridgehead atoms. The average Bonchev–Trinajstić information content (AvgIpc) is 2.37. The van der Waals surface area contributed by atoms with E-state index in [4.69, 9.17) is 0 Å². The van der Waals surface area contributed by atoms with Crippen molar-refractivity contribution in [3.05, 3.63) is 40.3 Å². The molecule has 0 atom stereocenters. The van der Waals surface area contributed by atoms with Crippen LogP contribution >= 0.6 is 0 Å². The number of para-hydroxylation sites is 2. The molecule has 0 radical (unpaired) electrons. The highest BCUT2D eigenvalue weighted by Gasteiger charge is 2.08. The third kappa shape index (κ3) is 2.23. The Kier molecular flexibility index (Phi) is 3.57. The molecule has 90 valence electrons. The molecule has 3 heteroatoms. The summed E-state index contributed by atoms with van der Waals surface area (Å²) in [6.45, 7) is 4.89. The highest BCUT2D eigenvalue weighted by molar-refractivity contribution is 5.74. The summed E-state index contributed by atoms with van der Waals surface area (Å²) in [4.78, 5) is 16.6. The molecule has 1 heterocycles. The lowest BCUT2D eigenvalue weighted by Crippen LogP contribution is -2.25. The molecule has 1 aromatic heterocycles. The van der Waals surface area contributed by atoms with E-state index in [-0.39, 0.29) is 5.56 Å². The number of fused-ring (bicyclic) bond motifs is 1. The zero-order chi connectivity index (χ0) is 12.3. The lowest BCUT2D eigenvalue weighted by atomic mass is 10.2. The second-order valence-corrected chi connectivity index (χ2v) is 4.21. The fraction of sp³-hybridized carbons (Fsp3) is 0.429. The monoisotopic (exact) mass is 230 g/mol. The van der Waals surface area contributed by atoms with Gasteiger partial charge in [0.25, 0.3) is 5.56 Å². The van der Waals surface area contributed by atoms with Crippen molar-refractivity contribution < 1.29 is 0 Å². The smallest absolute Gasteiger partial charge is 0.272 e. The number of rotatable bonds is 4. The van der Waals surface area contributed by atoms with Crippen LogP contribution in [0.5, 0.6) is 0 Å². The van der Waals surface area contributed by atoms with Gasteiger partial charge in [-0.1, -0.05) is 32.4 Å². The molecule has 0 amide bonds. The molecular weight excluding hydrogens is 212 g/mol. The summed E-state index contributed by atoms with van der Waals surface area (Å²) in [5.41, 5.74) is 2.60. The number of hydrogen-bond donors (Lipinski definition) is 0. The number of aryl methyl sites for hydroxylation is 2. The average molecular weight is 230 g/mol. The Hall–Kier alpha value is -1.64. The lowest BCUT2D eigenvalue weighted by molar-refractivity contribution is 0.623. The van der Waals surface area contributed by atoms with Gasteiger partial charge >= 0.3 is 0 Å². The van der Waals surface area contributed by atoms with E-state index in [1.807, 2.05) is 35.8 Å². The number of benzene rings is 1. The number of nitrogens with zero attached hydrogens (tertiary/aromatic N) is 2. The first-order valence-electron chi connectivity index (χ1n) is 6.26. The van der Waals surface area contributed by atoms with Crippen LogP contribution in [0.1, 0.15) is 32.4 Å². The first-order valence-corrected chi connectivity index (χ1v) is 6.26.